The van der Waals surface area contributed by atoms with Crippen LogP contribution in [0.25, 0.3) is 0 Å². The highest BCUT2D eigenvalue weighted by Gasteiger charge is 2.29. The van der Waals surface area contributed by atoms with Crippen molar-refractivity contribution in [3.8, 4) is 0 Å². The second kappa shape index (κ2) is 14.8. The number of amides is 2. The van der Waals surface area contributed by atoms with Crippen LogP contribution in [0.4, 0.5) is 11.6 Å². The molecule has 2 aromatic rings. The van der Waals surface area contributed by atoms with Gasteiger partial charge < -0.3 is 40.2 Å². The molecular weight excluding hydrogens is 558 g/mol. The number of rotatable bonds is 13. The van der Waals surface area contributed by atoms with Crippen molar-refractivity contribution in [2.45, 2.75) is 65.6 Å². The molecule has 0 saturated carbocycles. The number of H-pyrrole nitrogens is 1. The molecule has 0 bridgehead atoms. The molecular formula is C30H41N5O8. The molecule has 234 valence electrons. The monoisotopic (exact) mass is 599 g/mol. The van der Waals surface area contributed by atoms with Gasteiger partial charge >= 0.3 is 11.9 Å². The minimum atomic E-state index is -1.07. The summed E-state index contributed by atoms with van der Waals surface area (Å²) in [6, 6.07) is 7.10. The van der Waals surface area contributed by atoms with Crippen LogP contribution in [0.1, 0.15) is 81.1 Å². The number of aliphatic hydroxyl groups is 2. The maximum Gasteiger partial charge on any atom is 0.328 e. The van der Waals surface area contributed by atoms with Crippen molar-refractivity contribution in [3.05, 3.63) is 47.0 Å². The zero-order valence-corrected chi connectivity index (χ0v) is 25.2. The molecule has 1 aromatic carbocycles. The van der Waals surface area contributed by atoms with E-state index in [1.54, 1.807) is 69.9 Å². The van der Waals surface area contributed by atoms with E-state index in [9.17, 15) is 29.4 Å². The van der Waals surface area contributed by atoms with Crippen LogP contribution in [-0.4, -0.2) is 82.6 Å². The van der Waals surface area contributed by atoms with Crippen molar-refractivity contribution in [3.63, 3.8) is 0 Å². The molecule has 3 rings (SSSR count). The fourth-order valence-corrected chi connectivity index (χ4v) is 4.32. The highest BCUT2D eigenvalue weighted by molar-refractivity contribution is 5.97. The van der Waals surface area contributed by atoms with Crippen molar-refractivity contribution in [2.24, 2.45) is 10.4 Å². The molecule has 0 saturated heterocycles. The minimum absolute atomic E-state index is 0.0289. The Labute approximate surface area is 250 Å². The molecule has 1 aromatic heterocycles. The number of anilines is 1. The van der Waals surface area contributed by atoms with E-state index >= 15 is 0 Å². The minimum Gasteiger partial charge on any atom is -0.466 e. The predicted octanol–water partition coefficient (Wildman–Crippen LogP) is 2.75. The molecule has 2 heterocycles. The lowest BCUT2D eigenvalue weighted by atomic mass is 9.96. The van der Waals surface area contributed by atoms with Gasteiger partial charge in [-0.3, -0.25) is 14.4 Å². The summed E-state index contributed by atoms with van der Waals surface area (Å²) in [4.78, 5) is 58.3. The number of fused-ring (bicyclic) bond motifs is 1. The maximum absolute atomic E-state index is 12.9. The van der Waals surface area contributed by atoms with E-state index in [1.165, 1.54) is 6.34 Å². The Balaban J connectivity index is 1.65. The Morgan fingerprint density at radius 2 is 1.77 bits per heavy atom. The molecule has 43 heavy (non-hydrogen) atoms. The number of aromatic amines is 1. The Bertz CT molecular complexity index is 1310. The van der Waals surface area contributed by atoms with Crippen LogP contribution in [0.15, 0.2) is 35.3 Å². The topological polar surface area (TPSA) is 183 Å². The zero-order valence-electron chi connectivity index (χ0n) is 25.2. The number of benzene rings is 1. The summed E-state index contributed by atoms with van der Waals surface area (Å²) in [5, 5.41) is 26.6. The maximum atomic E-state index is 12.9. The van der Waals surface area contributed by atoms with Gasteiger partial charge in [-0.25, -0.2) is 9.79 Å². The lowest BCUT2D eigenvalue weighted by molar-refractivity contribution is -0.146. The number of carbonyl (C=O) groups is 4. The summed E-state index contributed by atoms with van der Waals surface area (Å²) in [6.07, 6.45) is 0.367. The lowest BCUT2D eigenvalue weighted by Gasteiger charge is -2.31. The van der Waals surface area contributed by atoms with Gasteiger partial charge in [0, 0.05) is 35.4 Å². The second-order valence-corrected chi connectivity index (χ2v) is 11.1. The van der Waals surface area contributed by atoms with Crippen LogP contribution in [0.2, 0.25) is 0 Å². The first-order valence-corrected chi connectivity index (χ1v) is 14.2. The average Bonchev–Trinajstić information content (AvgIpc) is 3.38. The Morgan fingerprint density at radius 3 is 2.37 bits per heavy atom. The van der Waals surface area contributed by atoms with Crippen molar-refractivity contribution in [1.29, 1.82) is 0 Å². The standard InChI is InChI=1S/C30H41N5O8/c1-6-42-24(37)13-12-22(28(40)43-7-2)32-26(38)19-10-8-18(9-11-19)20(16-36)15-35-17-31-25-21(27(35)39)14-23(33-25)34-29(41)30(3,4)5/h8-11,14,17,20,22,27,33,36,39H,6-7,12-13,15-16H2,1-5H3,(H,32,38)(H,34,41)/t20?,22-,27?/m0/s1. The number of esters is 2. The van der Waals surface area contributed by atoms with Gasteiger partial charge in [-0.05, 0) is 44.0 Å². The summed E-state index contributed by atoms with van der Waals surface area (Å²) in [5.41, 5.74) is 0.861. The number of hydrogen-bond donors (Lipinski definition) is 5. The number of nitrogens with one attached hydrogen (secondary N) is 3. The van der Waals surface area contributed by atoms with Crippen molar-refractivity contribution >= 4 is 41.7 Å². The Morgan fingerprint density at radius 1 is 1.09 bits per heavy atom. The quantitative estimate of drug-likeness (QED) is 0.216. The first-order chi connectivity index (χ1) is 20.4. The van der Waals surface area contributed by atoms with Gasteiger partial charge in [0.25, 0.3) is 5.91 Å². The highest BCUT2D eigenvalue weighted by Crippen LogP contribution is 2.35. The average molecular weight is 600 g/mol. The van der Waals surface area contributed by atoms with Crippen LogP contribution in [-0.2, 0) is 23.9 Å². The van der Waals surface area contributed by atoms with Crippen molar-refractivity contribution in [1.82, 2.24) is 15.2 Å². The number of hydrogen-bond acceptors (Lipinski definition) is 10. The van der Waals surface area contributed by atoms with Gasteiger partial charge in [0.2, 0.25) is 5.91 Å². The third-order valence-corrected chi connectivity index (χ3v) is 6.80. The number of ether oxygens (including phenoxy) is 2. The molecule has 1 aliphatic rings. The zero-order chi connectivity index (χ0) is 31.7. The van der Waals surface area contributed by atoms with E-state index in [4.69, 9.17) is 9.47 Å². The molecule has 13 nitrogen and oxygen atoms in total. The SMILES string of the molecule is CCOC(=O)CC[C@H](NC(=O)c1ccc(C(CO)CN2C=Nc3[nH]c(NC(=O)C(C)(C)C)cc3C2O)cc1)C(=O)OCC. The van der Waals surface area contributed by atoms with Gasteiger partial charge in [0.15, 0.2) is 6.23 Å². The number of nitrogens with zero attached hydrogens (tertiary/aromatic N) is 2. The highest BCUT2D eigenvalue weighted by atomic mass is 16.5. The third-order valence-electron chi connectivity index (χ3n) is 6.80. The number of aliphatic imine (C=N–C) groups is 1. The van der Waals surface area contributed by atoms with Gasteiger partial charge in [-0.15, -0.1) is 0 Å². The molecule has 2 unspecified atom stereocenters. The van der Waals surface area contributed by atoms with Crippen LogP contribution in [0.5, 0.6) is 0 Å². The van der Waals surface area contributed by atoms with Gasteiger partial charge in [0.1, 0.15) is 17.7 Å². The Kier molecular flexibility index (Phi) is 11.4. The smallest absolute Gasteiger partial charge is 0.328 e. The second-order valence-electron chi connectivity index (χ2n) is 11.1. The molecule has 0 radical (unpaired) electrons. The molecule has 2 amide bonds. The summed E-state index contributed by atoms with van der Waals surface area (Å²) >= 11 is 0. The normalized spacial score (nSPS) is 15.7. The van der Waals surface area contributed by atoms with E-state index in [1.807, 2.05) is 0 Å². The molecule has 0 spiro atoms. The molecule has 13 heteroatoms. The van der Waals surface area contributed by atoms with E-state index in [0.29, 0.717) is 22.8 Å². The molecule has 5 N–H and O–H groups in total. The third kappa shape index (κ3) is 8.88. The lowest BCUT2D eigenvalue weighted by Crippen LogP contribution is -2.42. The molecule has 0 fully saturated rings. The van der Waals surface area contributed by atoms with Crippen LogP contribution >= 0.6 is 0 Å². The van der Waals surface area contributed by atoms with Gasteiger partial charge in [-0.2, -0.15) is 0 Å². The largest absolute Gasteiger partial charge is 0.466 e. The van der Waals surface area contributed by atoms with Crippen LogP contribution in [0, 0.1) is 5.41 Å². The van der Waals surface area contributed by atoms with E-state index in [2.05, 4.69) is 20.6 Å². The number of aliphatic hydroxyl groups excluding tert-OH is 2. The fraction of sp³-hybridized carbons (Fsp3) is 0.500. The summed E-state index contributed by atoms with van der Waals surface area (Å²) in [5.74, 6) is -1.43. The van der Waals surface area contributed by atoms with E-state index < -0.39 is 41.4 Å². The van der Waals surface area contributed by atoms with Crippen LogP contribution < -0.4 is 10.6 Å². The fourth-order valence-electron chi connectivity index (χ4n) is 4.32. The summed E-state index contributed by atoms with van der Waals surface area (Å²) < 4.78 is 9.95. The molecule has 1 aliphatic heterocycles. The Hall–Kier alpha value is -4.23. The van der Waals surface area contributed by atoms with Crippen molar-refractivity contribution < 1.29 is 38.9 Å². The first-order valence-electron chi connectivity index (χ1n) is 14.2. The number of carbonyl (C=O) groups excluding carboxylic acids is 4. The first kappa shape index (κ1) is 33.3. The summed E-state index contributed by atoms with van der Waals surface area (Å²) in [7, 11) is 0. The van der Waals surface area contributed by atoms with Gasteiger partial charge in [0.05, 0.1) is 26.2 Å². The molecule has 3 atom stereocenters. The molecule has 0 aliphatic carbocycles. The van der Waals surface area contributed by atoms with Crippen molar-refractivity contribution in [2.75, 3.05) is 31.7 Å². The van der Waals surface area contributed by atoms with Crippen LogP contribution in [0.3, 0.4) is 0 Å². The number of aromatic nitrogens is 1. The summed E-state index contributed by atoms with van der Waals surface area (Å²) in [6.45, 7) is 9.02. The van der Waals surface area contributed by atoms with Gasteiger partial charge in [-0.1, -0.05) is 32.9 Å². The van der Waals surface area contributed by atoms with E-state index in [-0.39, 0.29) is 50.7 Å². The predicted molar refractivity (Wildman–Crippen MR) is 159 cm³/mol. The van der Waals surface area contributed by atoms with E-state index in [0.717, 1.165) is 0 Å².